The predicted octanol–water partition coefficient (Wildman–Crippen LogP) is 12.2. The summed E-state index contributed by atoms with van der Waals surface area (Å²) < 4.78 is 55.9. The lowest BCUT2D eigenvalue weighted by atomic mass is 10.1. The highest BCUT2D eigenvalue weighted by atomic mass is 31.3. The van der Waals surface area contributed by atoms with Crippen LogP contribution in [-0.4, -0.2) is 26.4 Å². The molecule has 7 nitrogen and oxygen atoms in total. The normalized spacial score (nSPS) is 13.0. The molecule has 0 N–H and O–H groups in total. The van der Waals surface area contributed by atoms with Gasteiger partial charge in [0.15, 0.2) is 0 Å². The smallest absolute Gasteiger partial charge is 0.287 e. The van der Waals surface area contributed by atoms with Gasteiger partial charge in [0.1, 0.15) is 0 Å². The Morgan fingerprint density at radius 3 is 0.780 bits per heavy atom. The molecule has 0 rings (SSSR count). The summed E-state index contributed by atoms with van der Waals surface area (Å²) in [6.07, 6.45) is 15.7. The Kier molecular flexibility index (Phi) is 25.7. The predicted molar refractivity (Wildman–Crippen MR) is 173 cm³/mol. The summed E-state index contributed by atoms with van der Waals surface area (Å²) in [4.78, 5) is 0. The molecular weight excluding hydrogens is 558 g/mol. The molecule has 0 heterocycles. The zero-order valence-electron chi connectivity index (χ0n) is 28.2. The van der Waals surface area contributed by atoms with Gasteiger partial charge in [0, 0.05) is 0 Å². The van der Waals surface area contributed by atoms with E-state index >= 15 is 0 Å². The summed E-state index contributed by atoms with van der Waals surface area (Å²) in [7, 11) is -8.28. The minimum absolute atomic E-state index is 0.215. The van der Waals surface area contributed by atoms with Gasteiger partial charge in [0.25, 0.3) is 0 Å². The van der Waals surface area contributed by atoms with Gasteiger partial charge in [-0.05, 0) is 49.4 Å². The molecule has 0 aliphatic heterocycles. The number of unbranched alkanes of at least 4 members (excludes halogenated alkanes) is 8. The van der Waals surface area contributed by atoms with Crippen molar-refractivity contribution in [1.82, 2.24) is 0 Å². The third-order valence-electron chi connectivity index (χ3n) is 6.90. The van der Waals surface area contributed by atoms with Crippen LogP contribution < -0.4 is 0 Å². The van der Waals surface area contributed by atoms with Crippen molar-refractivity contribution in [3.63, 3.8) is 0 Å². The third kappa shape index (κ3) is 27.5. The average molecular weight is 627 g/mol. The molecule has 0 atom stereocenters. The standard InChI is InChI=1S/C32H68O7P2/c1-29(2)21-13-9-17-25-35-40(33,36-26-18-10-14-22-30(3)4)39-41(34,37-27-19-11-15-23-31(5)6)38-28-20-12-16-24-32(7)8/h29-32H,9-28H2,1-8H3. The number of hydrogen-bond acceptors (Lipinski definition) is 7. The molecule has 0 amide bonds. The fraction of sp³-hybridized carbons (Fsp3) is 1.00. The average Bonchev–Trinajstić information content (AvgIpc) is 2.87. The number of phosphoric acid groups is 2. The maximum atomic E-state index is 13.7. The molecule has 0 unspecified atom stereocenters. The van der Waals surface area contributed by atoms with Crippen LogP contribution in [0.25, 0.3) is 0 Å². The Balaban J connectivity index is 5.18. The quantitative estimate of drug-likeness (QED) is 0.0579. The monoisotopic (exact) mass is 626 g/mol. The first-order valence-electron chi connectivity index (χ1n) is 16.9. The maximum absolute atomic E-state index is 13.7. The van der Waals surface area contributed by atoms with Crippen LogP contribution in [0.1, 0.15) is 158 Å². The van der Waals surface area contributed by atoms with Crippen LogP contribution in [0.15, 0.2) is 0 Å². The Labute approximate surface area is 255 Å². The summed E-state index contributed by atoms with van der Waals surface area (Å²) in [6.45, 7) is 18.5. The fourth-order valence-electron chi connectivity index (χ4n) is 4.32. The molecule has 0 fully saturated rings. The minimum Gasteiger partial charge on any atom is -0.287 e. The highest BCUT2D eigenvalue weighted by Crippen LogP contribution is 2.66. The van der Waals surface area contributed by atoms with Crippen LogP contribution >= 0.6 is 15.6 Å². The topological polar surface area (TPSA) is 80.3 Å². The van der Waals surface area contributed by atoms with E-state index in [0.29, 0.717) is 23.7 Å². The van der Waals surface area contributed by atoms with Gasteiger partial charge < -0.3 is 0 Å². The lowest BCUT2D eigenvalue weighted by Crippen LogP contribution is -2.07. The Bertz CT molecular complexity index is 579. The van der Waals surface area contributed by atoms with Crippen LogP contribution in [-0.2, 0) is 31.5 Å². The van der Waals surface area contributed by atoms with Crippen LogP contribution in [0.5, 0.6) is 0 Å². The summed E-state index contributed by atoms with van der Waals surface area (Å²) in [5.74, 6) is 2.61. The van der Waals surface area contributed by atoms with Gasteiger partial charge in [0.05, 0.1) is 26.4 Å². The van der Waals surface area contributed by atoms with Gasteiger partial charge >= 0.3 is 15.6 Å². The Hall–Kier alpha value is 0.260. The van der Waals surface area contributed by atoms with E-state index in [1.807, 2.05) is 0 Å². The second-order valence-electron chi connectivity index (χ2n) is 13.3. The van der Waals surface area contributed by atoms with Crippen molar-refractivity contribution in [2.75, 3.05) is 26.4 Å². The van der Waals surface area contributed by atoms with Gasteiger partial charge in [0.2, 0.25) is 0 Å². The van der Waals surface area contributed by atoms with Crippen LogP contribution in [0.4, 0.5) is 0 Å². The number of hydrogen-bond donors (Lipinski definition) is 0. The SMILES string of the molecule is CC(C)CCCCCOP(=O)(OCCCCCC(C)C)OP(=O)(OCCCCCC(C)C)OCCCCCC(C)C. The van der Waals surface area contributed by atoms with Gasteiger partial charge in [-0.2, -0.15) is 4.31 Å². The maximum Gasteiger partial charge on any atom is 0.483 e. The molecule has 0 radical (unpaired) electrons. The van der Waals surface area contributed by atoms with Crippen molar-refractivity contribution in [2.24, 2.45) is 23.7 Å². The van der Waals surface area contributed by atoms with Crippen molar-refractivity contribution in [1.29, 1.82) is 0 Å². The van der Waals surface area contributed by atoms with Crippen LogP contribution in [0.3, 0.4) is 0 Å². The molecule has 0 bridgehead atoms. The molecule has 0 aromatic heterocycles. The van der Waals surface area contributed by atoms with E-state index in [4.69, 9.17) is 22.4 Å². The summed E-state index contributed by atoms with van der Waals surface area (Å²) in [5, 5.41) is 0. The summed E-state index contributed by atoms with van der Waals surface area (Å²) in [5.41, 5.74) is 0. The van der Waals surface area contributed by atoms with Crippen molar-refractivity contribution < 1.29 is 31.5 Å². The minimum atomic E-state index is -4.14. The molecular formula is C32H68O7P2. The van der Waals surface area contributed by atoms with Crippen LogP contribution in [0.2, 0.25) is 0 Å². The van der Waals surface area contributed by atoms with Crippen molar-refractivity contribution in [3.05, 3.63) is 0 Å². The molecule has 0 saturated carbocycles. The summed E-state index contributed by atoms with van der Waals surface area (Å²) >= 11 is 0. The molecule has 0 aromatic rings. The van der Waals surface area contributed by atoms with Crippen molar-refractivity contribution >= 4 is 15.6 Å². The first kappa shape index (κ1) is 41.3. The van der Waals surface area contributed by atoms with E-state index in [9.17, 15) is 9.13 Å². The van der Waals surface area contributed by atoms with Gasteiger partial charge in [-0.15, -0.1) is 0 Å². The van der Waals surface area contributed by atoms with Gasteiger partial charge in [-0.3, -0.25) is 18.1 Å². The van der Waals surface area contributed by atoms with E-state index in [1.54, 1.807) is 0 Å². The zero-order chi connectivity index (χ0) is 31.0. The molecule has 0 aromatic carbocycles. The molecule has 0 aliphatic rings. The molecule has 0 spiro atoms. The van der Waals surface area contributed by atoms with E-state index in [1.165, 1.54) is 0 Å². The zero-order valence-corrected chi connectivity index (χ0v) is 30.0. The van der Waals surface area contributed by atoms with Crippen LogP contribution in [0, 0.1) is 23.7 Å². The molecule has 9 heteroatoms. The first-order valence-corrected chi connectivity index (χ1v) is 19.8. The highest BCUT2D eigenvalue weighted by molar-refractivity contribution is 7.62. The van der Waals surface area contributed by atoms with E-state index in [-0.39, 0.29) is 26.4 Å². The lowest BCUT2D eigenvalue weighted by molar-refractivity contribution is 0.105. The number of rotatable bonds is 30. The van der Waals surface area contributed by atoms with E-state index in [0.717, 1.165) is 103 Å². The van der Waals surface area contributed by atoms with Gasteiger partial charge in [-0.1, -0.05) is 132 Å². The highest BCUT2D eigenvalue weighted by Gasteiger charge is 2.40. The van der Waals surface area contributed by atoms with E-state index in [2.05, 4.69) is 55.4 Å². The van der Waals surface area contributed by atoms with Gasteiger partial charge in [-0.25, -0.2) is 9.13 Å². The third-order valence-corrected chi connectivity index (χ3v) is 10.5. The molecule has 248 valence electrons. The second kappa shape index (κ2) is 25.6. The van der Waals surface area contributed by atoms with Crippen molar-refractivity contribution in [3.8, 4) is 0 Å². The molecule has 0 saturated heterocycles. The number of phosphoric ester groups is 2. The van der Waals surface area contributed by atoms with E-state index < -0.39 is 15.6 Å². The second-order valence-corrected chi connectivity index (χ2v) is 16.8. The molecule has 0 aliphatic carbocycles. The summed E-state index contributed by atoms with van der Waals surface area (Å²) in [6, 6.07) is 0. The van der Waals surface area contributed by atoms with Crippen molar-refractivity contribution in [2.45, 2.75) is 158 Å². The largest absolute Gasteiger partial charge is 0.483 e. The lowest BCUT2D eigenvalue weighted by Gasteiger charge is -2.23. The Morgan fingerprint density at radius 2 is 0.585 bits per heavy atom. The fourth-order valence-corrected chi connectivity index (χ4v) is 7.62. The first-order chi connectivity index (χ1) is 19.4. The Morgan fingerprint density at radius 1 is 0.366 bits per heavy atom. The molecule has 41 heavy (non-hydrogen) atoms.